The molecule has 2 aromatic carbocycles. The van der Waals surface area contributed by atoms with Crippen molar-refractivity contribution >= 4 is 11.9 Å². The van der Waals surface area contributed by atoms with E-state index in [4.69, 9.17) is 9.47 Å². The van der Waals surface area contributed by atoms with E-state index in [1.165, 1.54) is 4.90 Å². The fourth-order valence-corrected chi connectivity index (χ4v) is 5.13. The molecule has 1 heterocycles. The van der Waals surface area contributed by atoms with Crippen LogP contribution in [0.1, 0.15) is 75.2 Å². The maximum absolute atomic E-state index is 13.5. The fourth-order valence-electron chi connectivity index (χ4n) is 5.13. The summed E-state index contributed by atoms with van der Waals surface area (Å²) in [6.45, 7) is 8.67. The van der Waals surface area contributed by atoms with E-state index >= 15 is 0 Å². The van der Waals surface area contributed by atoms with E-state index in [1.54, 1.807) is 7.11 Å². The van der Waals surface area contributed by atoms with Gasteiger partial charge in [-0.3, -0.25) is 4.79 Å². The monoisotopic (exact) mass is 509 g/mol. The molecule has 0 aliphatic carbocycles. The summed E-state index contributed by atoms with van der Waals surface area (Å²) in [5.41, 5.74) is 2.59. The Kier molecular flexibility index (Phi) is 9.74. The van der Waals surface area contributed by atoms with Gasteiger partial charge in [-0.05, 0) is 63.5 Å². The smallest absolute Gasteiger partial charge is 0.327 e. The molecule has 3 amide bonds. The minimum absolute atomic E-state index is 0.120. The van der Waals surface area contributed by atoms with Crippen molar-refractivity contribution in [2.24, 2.45) is 5.41 Å². The molecule has 1 saturated heterocycles. The van der Waals surface area contributed by atoms with Gasteiger partial charge < -0.3 is 19.7 Å². The van der Waals surface area contributed by atoms with Crippen LogP contribution in [0.2, 0.25) is 0 Å². The molecule has 1 fully saturated rings. The van der Waals surface area contributed by atoms with Crippen LogP contribution in [0.25, 0.3) is 0 Å². The van der Waals surface area contributed by atoms with Gasteiger partial charge in [-0.2, -0.15) is 0 Å². The highest BCUT2D eigenvalue weighted by Gasteiger charge is 2.63. The highest BCUT2D eigenvalue weighted by molar-refractivity contribution is 6.03. The lowest BCUT2D eigenvalue weighted by molar-refractivity contribution is -0.191. The highest BCUT2D eigenvalue weighted by Crippen LogP contribution is 2.46. The lowest BCUT2D eigenvalue weighted by Crippen LogP contribution is -2.73. The van der Waals surface area contributed by atoms with Gasteiger partial charge in [0.05, 0.1) is 18.7 Å². The largest absolute Gasteiger partial charge is 0.469 e. The molecule has 0 saturated carbocycles. The molecular weight excluding hydrogens is 466 g/mol. The molecule has 1 N–H and O–H groups in total. The quantitative estimate of drug-likeness (QED) is 0.364. The molecular formula is C30H43N3O4. The molecule has 0 spiro atoms. The van der Waals surface area contributed by atoms with E-state index in [-0.39, 0.29) is 18.0 Å². The van der Waals surface area contributed by atoms with Crippen LogP contribution >= 0.6 is 0 Å². The Balaban J connectivity index is 1.82. The molecule has 202 valence electrons. The highest BCUT2D eigenvalue weighted by atomic mass is 16.5. The number of amides is 3. The van der Waals surface area contributed by atoms with E-state index < -0.39 is 17.7 Å². The third-order valence-corrected chi connectivity index (χ3v) is 7.65. The lowest BCUT2D eigenvalue weighted by atomic mass is 9.72. The SMILES string of the molecule is CCCC(NC(=O)N1C(=O)C(CC)(CC)C1Oc1ccc([C@@H](COC)N(C)C)cc1)c1ccc(C)cc1. The standard InChI is InChI=1S/C30H43N3O4/c1-8-11-25(22-14-12-21(4)13-15-22)31-29(35)33-27(34)30(9-2,10-3)28(33)37-24-18-16-23(17-19-24)26(20-36-7)32(5)6/h12-19,25-26,28H,8-11,20H2,1-7H3,(H,31,35)/t25?,26-,28?/m1/s1. The molecule has 1 aliphatic heterocycles. The second-order valence-electron chi connectivity index (χ2n) is 10.2. The molecule has 3 atom stereocenters. The van der Waals surface area contributed by atoms with Gasteiger partial charge in [0.15, 0.2) is 6.23 Å². The summed E-state index contributed by atoms with van der Waals surface area (Å²) in [6, 6.07) is 15.5. The van der Waals surface area contributed by atoms with Crippen LogP contribution in [-0.2, 0) is 9.53 Å². The molecule has 37 heavy (non-hydrogen) atoms. The van der Waals surface area contributed by atoms with Crippen molar-refractivity contribution in [3.05, 3.63) is 65.2 Å². The van der Waals surface area contributed by atoms with Gasteiger partial charge in [0.25, 0.3) is 0 Å². The van der Waals surface area contributed by atoms with Gasteiger partial charge in [-0.1, -0.05) is 69.2 Å². The Morgan fingerprint density at radius 1 is 1.03 bits per heavy atom. The number of carbonyl (C=O) groups is 2. The first-order valence-electron chi connectivity index (χ1n) is 13.3. The lowest BCUT2D eigenvalue weighted by Gasteiger charge is -2.53. The normalized spacial score (nSPS) is 18.3. The summed E-state index contributed by atoms with van der Waals surface area (Å²) >= 11 is 0. The zero-order valence-corrected chi connectivity index (χ0v) is 23.4. The van der Waals surface area contributed by atoms with E-state index in [1.807, 2.05) is 83.4 Å². The topological polar surface area (TPSA) is 71.1 Å². The van der Waals surface area contributed by atoms with Crippen molar-refractivity contribution in [1.82, 2.24) is 15.1 Å². The van der Waals surface area contributed by atoms with E-state index in [9.17, 15) is 9.59 Å². The van der Waals surface area contributed by atoms with Crippen molar-refractivity contribution in [2.45, 2.75) is 71.7 Å². The van der Waals surface area contributed by atoms with Crippen LogP contribution in [-0.4, -0.2) is 55.8 Å². The van der Waals surface area contributed by atoms with Crippen LogP contribution < -0.4 is 10.1 Å². The van der Waals surface area contributed by atoms with Gasteiger partial charge >= 0.3 is 6.03 Å². The third-order valence-electron chi connectivity index (χ3n) is 7.65. The number of hydrogen-bond acceptors (Lipinski definition) is 5. The van der Waals surface area contributed by atoms with Crippen LogP contribution in [0.15, 0.2) is 48.5 Å². The van der Waals surface area contributed by atoms with Crippen LogP contribution in [0, 0.1) is 12.3 Å². The number of β-lactam (4-membered cyclic amide) rings is 1. The third kappa shape index (κ3) is 5.99. The number of nitrogens with zero attached hydrogens (tertiary/aromatic N) is 2. The second kappa shape index (κ2) is 12.6. The molecule has 1 aliphatic rings. The van der Waals surface area contributed by atoms with Gasteiger partial charge in [-0.25, -0.2) is 9.69 Å². The van der Waals surface area contributed by atoms with Crippen LogP contribution in [0.3, 0.4) is 0 Å². The van der Waals surface area contributed by atoms with Gasteiger partial charge in [0.1, 0.15) is 11.2 Å². The molecule has 0 aromatic heterocycles. The van der Waals surface area contributed by atoms with Crippen LogP contribution in [0.4, 0.5) is 4.79 Å². The maximum atomic E-state index is 13.5. The molecule has 7 nitrogen and oxygen atoms in total. The number of imide groups is 1. The zero-order valence-electron chi connectivity index (χ0n) is 23.4. The summed E-state index contributed by atoms with van der Waals surface area (Å²) in [5, 5.41) is 3.11. The summed E-state index contributed by atoms with van der Waals surface area (Å²) < 4.78 is 11.7. The number of carbonyl (C=O) groups excluding carboxylic acids is 2. The second-order valence-corrected chi connectivity index (χ2v) is 10.2. The molecule has 2 unspecified atom stereocenters. The number of rotatable bonds is 12. The van der Waals surface area contributed by atoms with Crippen molar-refractivity contribution < 1.29 is 19.1 Å². The van der Waals surface area contributed by atoms with E-state index in [0.29, 0.717) is 25.2 Å². The summed E-state index contributed by atoms with van der Waals surface area (Å²) in [4.78, 5) is 30.2. The molecule has 7 heteroatoms. The Morgan fingerprint density at radius 2 is 1.62 bits per heavy atom. The Bertz CT molecular complexity index is 1030. The van der Waals surface area contributed by atoms with E-state index in [2.05, 4.69) is 17.1 Å². The first-order valence-corrected chi connectivity index (χ1v) is 13.3. The maximum Gasteiger partial charge on any atom is 0.327 e. The summed E-state index contributed by atoms with van der Waals surface area (Å²) in [5.74, 6) is 0.451. The Morgan fingerprint density at radius 3 is 2.14 bits per heavy atom. The van der Waals surface area contributed by atoms with Crippen molar-refractivity contribution in [3.63, 3.8) is 0 Å². The number of ether oxygens (including phenoxy) is 2. The minimum Gasteiger partial charge on any atom is -0.469 e. The van der Waals surface area contributed by atoms with Crippen molar-refractivity contribution in [2.75, 3.05) is 27.8 Å². The van der Waals surface area contributed by atoms with Crippen LogP contribution in [0.5, 0.6) is 5.75 Å². The summed E-state index contributed by atoms with van der Waals surface area (Å²) in [7, 11) is 5.73. The first-order chi connectivity index (χ1) is 17.7. The predicted molar refractivity (Wildman–Crippen MR) is 146 cm³/mol. The number of likely N-dealkylation sites (N-methyl/N-ethyl adjacent to an activating group) is 1. The number of aryl methyl sites for hydroxylation is 1. The minimum atomic E-state index is -0.720. The average Bonchev–Trinajstić information content (AvgIpc) is 2.88. The molecule has 2 aromatic rings. The fraction of sp³-hybridized carbons (Fsp3) is 0.533. The molecule has 3 rings (SSSR count). The number of nitrogens with one attached hydrogen (secondary N) is 1. The Labute approximate surface area is 222 Å². The number of hydrogen-bond donors (Lipinski definition) is 1. The summed E-state index contributed by atoms with van der Waals surface area (Å²) in [6.07, 6.45) is 2.23. The number of benzene rings is 2. The predicted octanol–water partition coefficient (Wildman–Crippen LogP) is 5.85. The molecule has 0 bridgehead atoms. The molecule has 0 radical (unpaired) electrons. The van der Waals surface area contributed by atoms with E-state index in [0.717, 1.165) is 29.5 Å². The first kappa shape index (κ1) is 28.7. The van der Waals surface area contributed by atoms with Crippen molar-refractivity contribution in [3.8, 4) is 5.75 Å². The Hall–Kier alpha value is -2.90. The zero-order chi connectivity index (χ0) is 27.2. The van der Waals surface area contributed by atoms with Crippen molar-refractivity contribution in [1.29, 1.82) is 0 Å². The number of urea groups is 1. The van der Waals surface area contributed by atoms with Gasteiger partial charge in [0, 0.05) is 7.11 Å². The number of likely N-dealkylation sites (tertiary alicyclic amines) is 1. The van der Waals surface area contributed by atoms with Gasteiger partial charge in [0.2, 0.25) is 5.91 Å². The number of methoxy groups -OCH3 is 1. The van der Waals surface area contributed by atoms with Gasteiger partial charge in [-0.15, -0.1) is 0 Å². The average molecular weight is 510 g/mol.